The number of ether oxygens (including phenoxy) is 1. The summed E-state index contributed by atoms with van der Waals surface area (Å²) in [6.07, 6.45) is 1.43. The van der Waals surface area contributed by atoms with E-state index in [-0.39, 0.29) is 18.6 Å². The number of amides is 1. The second-order valence-corrected chi connectivity index (χ2v) is 4.31. The number of hydrogen-bond acceptors (Lipinski definition) is 3. The van der Waals surface area contributed by atoms with Crippen LogP contribution in [0, 0.1) is 0 Å². The van der Waals surface area contributed by atoms with Gasteiger partial charge in [0.2, 0.25) is 5.91 Å². The van der Waals surface area contributed by atoms with Gasteiger partial charge in [-0.3, -0.25) is 4.79 Å². The van der Waals surface area contributed by atoms with Gasteiger partial charge in [0.25, 0.3) is 0 Å². The molecule has 15 heavy (non-hydrogen) atoms. The average molecular weight is 236 g/mol. The maximum Gasteiger partial charge on any atom is 0.220 e. The summed E-state index contributed by atoms with van der Waals surface area (Å²) in [6.45, 7) is 2.63. The number of halogens is 1. The highest BCUT2D eigenvalue weighted by molar-refractivity contribution is 6.17. The maximum absolute atomic E-state index is 11.3. The van der Waals surface area contributed by atoms with Crippen LogP contribution in [0.4, 0.5) is 0 Å². The molecule has 0 aliphatic carbocycles. The van der Waals surface area contributed by atoms with E-state index >= 15 is 0 Å². The summed E-state index contributed by atoms with van der Waals surface area (Å²) < 4.78 is 5.26. The number of nitrogens with one attached hydrogen (secondary N) is 1. The molecule has 1 aliphatic rings. The molecular weight excluding hydrogens is 218 g/mol. The van der Waals surface area contributed by atoms with Crippen molar-refractivity contribution in [3.8, 4) is 0 Å². The Kier molecular flexibility index (Phi) is 4.83. The summed E-state index contributed by atoms with van der Waals surface area (Å²) in [5, 5.41) is 12.8. The highest BCUT2D eigenvalue weighted by atomic mass is 35.5. The van der Waals surface area contributed by atoms with Gasteiger partial charge in [-0.05, 0) is 13.3 Å². The van der Waals surface area contributed by atoms with Crippen molar-refractivity contribution >= 4 is 17.5 Å². The van der Waals surface area contributed by atoms with E-state index in [0.717, 1.165) is 0 Å². The Labute approximate surface area is 94.9 Å². The van der Waals surface area contributed by atoms with Crippen molar-refractivity contribution < 1.29 is 14.6 Å². The molecule has 0 saturated carbocycles. The Bertz CT molecular complexity index is 225. The molecule has 1 aliphatic heterocycles. The first kappa shape index (κ1) is 12.7. The smallest absolute Gasteiger partial charge is 0.220 e. The normalized spacial score (nSPS) is 30.5. The van der Waals surface area contributed by atoms with Gasteiger partial charge >= 0.3 is 0 Å². The molecule has 1 saturated heterocycles. The molecule has 0 aromatic carbocycles. The van der Waals surface area contributed by atoms with E-state index in [2.05, 4.69) is 5.32 Å². The Morgan fingerprint density at radius 2 is 2.47 bits per heavy atom. The largest absolute Gasteiger partial charge is 0.385 e. The first-order valence-electron chi connectivity index (χ1n) is 5.25. The number of hydrogen-bond donors (Lipinski definition) is 2. The van der Waals surface area contributed by atoms with Crippen molar-refractivity contribution in [3.05, 3.63) is 0 Å². The third-order valence-electron chi connectivity index (χ3n) is 2.79. The van der Waals surface area contributed by atoms with Crippen LogP contribution in [0.3, 0.4) is 0 Å². The zero-order valence-electron chi connectivity index (χ0n) is 8.96. The van der Waals surface area contributed by atoms with Gasteiger partial charge in [0.15, 0.2) is 0 Å². The van der Waals surface area contributed by atoms with Crippen molar-refractivity contribution in [3.63, 3.8) is 0 Å². The summed E-state index contributed by atoms with van der Waals surface area (Å²) in [6, 6.07) is 0. The molecule has 1 fully saturated rings. The molecule has 1 rings (SSSR count). The van der Waals surface area contributed by atoms with Gasteiger partial charge in [0.1, 0.15) is 5.60 Å². The van der Waals surface area contributed by atoms with Crippen molar-refractivity contribution in [2.75, 3.05) is 19.0 Å². The highest BCUT2D eigenvalue weighted by Crippen LogP contribution is 2.24. The molecule has 4 nitrogen and oxygen atoms in total. The molecule has 88 valence electrons. The minimum Gasteiger partial charge on any atom is -0.385 e. The molecule has 1 amide bonds. The van der Waals surface area contributed by atoms with Crippen molar-refractivity contribution in [1.82, 2.24) is 5.32 Å². The lowest BCUT2D eigenvalue weighted by Crippen LogP contribution is -2.47. The number of aliphatic hydroxyl groups is 1. The molecule has 1 heterocycles. The number of carbonyl (C=O) groups excluding carboxylic acids is 1. The van der Waals surface area contributed by atoms with Gasteiger partial charge in [-0.15, -0.1) is 11.6 Å². The van der Waals surface area contributed by atoms with Crippen LogP contribution in [0.25, 0.3) is 0 Å². The van der Waals surface area contributed by atoms with Crippen molar-refractivity contribution in [1.29, 1.82) is 0 Å². The van der Waals surface area contributed by atoms with Crippen LogP contribution < -0.4 is 5.32 Å². The lowest BCUT2D eigenvalue weighted by Gasteiger charge is -2.26. The van der Waals surface area contributed by atoms with E-state index in [1.165, 1.54) is 0 Å². The SMILES string of the molecule is CC1OCCC1(O)CNC(=O)CCCCl. The minimum atomic E-state index is -0.906. The maximum atomic E-state index is 11.3. The molecule has 0 radical (unpaired) electrons. The zero-order valence-corrected chi connectivity index (χ0v) is 9.72. The van der Waals surface area contributed by atoms with Gasteiger partial charge < -0.3 is 15.2 Å². The molecule has 0 aromatic heterocycles. The molecule has 0 bridgehead atoms. The monoisotopic (exact) mass is 235 g/mol. The number of alkyl halides is 1. The van der Waals surface area contributed by atoms with Crippen molar-refractivity contribution in [2.45, 2.75) is 37.9 Å². The lowest BCUT2D eigenvalue weighted by atomic mass is 9.97. The van der Waals surface area contributed by atoms with Gasteiger partial charge in [0, 0.05) is 31.9 Å². The second kappa shape index (κ2) is 5.68. The van der Waals surface area contributed by atoms with Gasteiger partial charge in [-0.1, -0.05) is 0 Å². The summed E-state index contributed by atoms with van der Waals surface area (Å²) >= 11 is 5.47. The fourth-order valence-corrected chi connectivity index (χ4v) is 1.70. The number of carbonyl (C=O) groups is 1. The first-order chi connectivity index (χ1) is 7.08. The Morgan fingerprint density at radius 3 is 3.00 bits per heavy atom. The third-order valence-corrected chi connectivity index (χ3v) is 3.06. The highest BCUT2D eigenvalue weighted by Gasteiger charge is 2.39. The molecule has 2 atom stereocenters. The second-order valence-electron chi connectivity index (χ2n) is 3.94. The topological polar surface area (TPSA) is 58.6 Å². The fourth-order valence-electron chi connectivity index (χ4n) is 1.57. The van der Waals surface area contributed by atoms with Gasteiger partial charge in [-0.2, -0.15) is 0 Å². The van der Waals surface area contributed by atoms with E-state index in [0.29, 0.717) is 31.7 Å². The molecular formula is C10H18ClNO3. The summed E-state index contributed by atoms with van der Waals surface area (Å²) in [5.74, 6) is 0.417. The average Bonchev–Trinajstić information content (AvgIpc) is 2.54. The van der Waals surface area contributed by atoms with Crippen LogP contribution in [0.2, 0.25) is 0 Å². The van der Waals surface area contributed by atoms with Crippen molar-refractivity contribution in [2.24, 2.45) is 0 Å². The molecule has 0 aromatic rings. The van der Waals surface area contributed by atoms with Crippen LogP contribution in [0.15, 0.2) is 0 Å². The van der Waals surface area contributed by atoms with E-state index in [1.54, 1.807) is 0 Å². The first-order valence-corrected chi connectivity index (χ1v) is 5.78. The third kappa shape index (κ3) is 3.63. The van der Waals surface area contributed by atoms with Gasteiger partial charge in [0.05, 0.1) is 6.10 Å². The van der Waals surface area contributed by atoms with Crippen LogP contribution >= 0.6 is 11.6 Å². The molecule has 2 N–H and O–H groups in total. The Morgan fingerprint density at radius 1 is 1.73 bits per heavy atom. The van der Waals surface area contributed by atoms with Crippen LogP contribution in [0.5, 0.6) is 0 Å². The number of rotatable bonds is 5. The quantitative estimate of drug-likeness (QED) is 0.689. The predicted octanol–water partition coefficient (Wildman–Crippen LogP) is 0.661. The molecule has 0 spiro atoms. The fraction of sp³-hybridized carbons (Fsp3) is 0.900. The standard InChI is InChI=1S/C10H18ClNO3/c1-8-10(14,4-6-15-8)7-12-9(13)3-2-5-11/h8,14H,2-7H2,1H3,(H,12,13). The molecule has 2 unspecified atom stereocenters. The van der Waals surface area contributed by atoms with Gasteiger partial charge in [-0.25, -0.2) is 0 Å². The Balaban J connectivity index is 2.26. The van der Waals surface area contributed by atoms with Crippen LogP contribution in [-0.4, -0.2) is 41.8 Å². The van der Waals surface area contributed by atoms with E-state index in [4.69, 9.17) is 16.3 Å². The summed E-state index contributed by atoms with van der Waals surface area (Å²) in [5.41, 5.74) is -0.906. The predicted molar refractivity (Wildman–Crippen MR) is 57.9 cm³/mol. The van der Waals surface area contributed by atoms with E-state index < -0.39 is 5.60 Å². The van der Waals surface area contributed by atoms with E-state index in [1.807, 2.05) is 6.92 Å². The van der Waals surface area contributed by atoms with E-state index in [9.17, 15) is 9.90 Å². The summed E-state index contributed by atoms with van der Waals surface area (Å²) in [7, 11) is 0. The minimum absolute atomic E-state index is 0.0665. The van der Waals surface area contributed by atoms with Crippen LogP contribution in [0.1, 0.15) is 26.2 Å². The lowest BCUT2D eigenvalue weighted by molar-refractivity contribution is -0.122. The molecule has 5 heteroatoms. The zero-order chi connectivity index (χ0) is 11.3. The summed E-state index contributed by atoms with van der Waals surface area (Å²) in [4.78, 5) is 11.3. The Hall–Kier alpha value is -0.320. The van der Waals surface area contributed by atoms with Crippen LogP contribution in [-0.2, 0) is 9.53 Å².